The normalized spacial score (nSPS) is 17.3. The van der Waals surface area contributed by atoms with E-state index in [1.807, 2.05) is 57.2 Å². The van der Waals surface area contributed by atoms with E-state index in [4.69, 9.17) is 19.2 Å². The first-order chi connectivity index (χ1) is 19.3. The first-order valence-corrected chi connectivity index (χ1v) is 13.7. The van der Waals surface area contributed by atoms with Gasteiger partial charge in [-0.3, -0.25) is 0 Å². The highest BCUT2D eigenvalue weighted by atomic mass is 16.6. The zero-order chi connectivity index (χ0) is 28.0. The van der Waals surface area contributed by atoms with E-state index in [-0.39, 0.29) is 6.09 Å². The van der Waals surface area contributed by atoms with Crippen molar-refractivity contribution in [3.05, 3.63) is 78.0 Å². The van der Waals surface area contributed by atoms with Gasteiger partial charge in [-0.15, -0.1) is 0 Å². The van der Waals surface area contributed by atoms with Gasteiger partial charge in [-0.2, -0.15) is 0 Å². The van der Waals surface area contributed by atoms with Crippen molar-refractivity contribution in [2.45, 2.75) is 39.6 Å². The predicted octanol–water partition coefficient (Wildman–Crippen LogP) is 5.55. The third-order valence-corrected chi connectivity index (χ3v) is 6.61. The molecular formula is C31H37N5O4. The summed E-state index contributed by atoms with van der Waals surface area (Å²) in [5.41, 5.74) is 5.44. The van der Waals surface area contributed by atoms with Crippen molar-refractivity contribution in [2.75, 3.05) is 49.6 Å². The van der Waals surface area contributed by atoms with Gasteiger partial charge in [-0.25, -0.2) is 14.8 Å². The van der Waals surface area contributed by atoms with Crippen LogP contribution in [0, 0.1) is 0 Å². The lowest BCUT2D eigenvalue weighted by Gasteiger charge is -2.37. The number of carbonyl (C=O) groups excluding carboxylic acids is 1. The average molecular weight is 544 g/mol. The summed E-state index contributed by atoms with van der Waals surface area (Å²) < 4.78 is 17.4. The molecule has 1 N–H and O–H groups in total. The first kappa shape index (κ1) is 27.6. The fraction of sp³-hybridized carbons (Fsp3) is 0.387. The summed E-state index contributed by atoms with van der Waals surface area (Å²) >= 11 is 0. The number of rotatable bonds is 1. The molecule has 3 aromatic rings. The van der Waals surface area contributed by atoms with Crippen LogP contribution in [0.15, 0.2) is 66.9 Å². The molecule has 1 fully saturated rings. The molecule has 9 nitrogen and oxygen atoms in total. The Kier molecular flexibility index (Phi) is 8.62. The van der Waals surface area contributed by atoms with Gasteiger partial charge in [0.2, 0.25) is 5.95 Å². The lowest BCUT2D eigenvalue weighted by atomic mass is 10.1. The molecule has 2 aliphatic heterocycles. The van der Waals surface area contributed by atoms with Crippen molar-refractivity contribution >= 4 is 23.4 Å². The molecule has 6 bridgehead atoms. The predicted molar refractivity (Wildman–Crippen MR) is 156 cm³/mol. The van der Waals surface area contributed by atoms with Gasteiger partial charge in [-0.1, -0.05) is 30.4 Å². The number of benzene rings is 2. The number of anilines is 3. The summed E-state index contributed by atoms with van der Waals surface area (Å²) in [6, 6.07) is 16.3. The van der Waals surface area contributed by atoms with E-state index < -0.39 is 5.60 Å². The zero-order valence-corrected chi connectivity index (χ0v) is 23.4. The van der Waals surface area contributed by atoms with Gasteiger partial charge in [0, 0.05) is 54.9 Å². The molecule has 0 radical (unpaired) electrons. The molecule has 1 aromatic heterocycles. The van der Waals surface area contributed by atoms with Crippen molar-refractivity contribution in [1.29, 1.82) is 0 Å². The van der Waals surface area contributed by atoms with E-state index in [9.17, 15) is 4.79 Å². The smallest absolute Gasteiger partial charge is 0.410 e. The summed E-state index contributed by atoms with van der Waals surface area (Å²) in [6.45, 7) is 10.2. The monoisotopic (exact) mass is 543 g/mol. The van der Waals surface area contributed by atoms with Gasteiger partial charge in [0.1, 0.15) is 5.60 Å². The first-order valence-electron chi connectivity index (χ1n) is 13.7. The Labute approximate surface area is 235 Å². The van der Waals surface area contributed by atoms with E-state index >= 15 is 0 Å². The van der Waals surface area contributed by atoms with Crippen molar-refractivity contribution in [3.63, 3.8) is 0 Å². The highest BCUT2D eigenvalue weighted by Crippen LogP contribution is 2.28. The molecule has 1 saturated heterocycles. The van der Waals surface area contributed by atoms with Crippen LogP contribution in [0.25, 0.3) is 11.3 Å². The Morgan fingerprint density at radius 3 is 2.50 bits per heavy atom. The van der Waals surface area contributed by atoms with Crippen LogP contribution in [0.3, 0.4) is 0 Å². The van der Waals surface area contributed by atoms with Crippen LogP contribution in [-0.4, -0.2) is 66.0 Å². The van der Waals surface area contributed by atoms with E-state index in [2.05, 4.69) is 39.5 Å². The summed E-state index contributed by atoms with van der Waals surface area (Å²) in [4.78, 5) is 25.8. The SMILES string of the molecule is CC(C)(C)OC(=O)N1CCN(c2ccc3cc2COC/C=C/COCc2cccc(c2)-c2ccnc(n2)N3)CC1. The van der Waals surface area contributed by atoms with Gasteiger partial charge in [0.05, 0.1) is 32.1 Å². The number of aromatic nitrogens is 2. The van der Waals surface area contributed by atoms with Crippen LogP contribution in [0.1, 0.15) is 31.9 Å². The van der Waals surface area contributed by atoms with Crippen LogP contribution >= 0.6 is 0 Å². The number of piperazine rings is 1. The molecule has 3 heterocycles. The average Bonchev–Trinajstić information content (AvgIpc) is 2.94. The minimum absolute atomic E-state index is 0.264. The fourth-order valence-corrected chi connectivity index (χ4v) is 4.69. The van der Waals surface area contributed by atoms with E-state index in [1.165, 1.54) is 0 Å². The Bertz CT molecular complexity index is 1350. The number of carbonyl (C=O) groups is 1. The molecule has 0 aliphatic carbocycles. The molecule has 2 aromatic carbocycles. The molecule has 40 heavy (non-hydrogen) atoms. The molecule has 0 saturated carbocycles. The second kappa shape index (κ2) is 12.5. The minimum Gasteiger partial charge on any atom is -0.444 e. The van der Waals surface area contributed by atoms with Crippen LogP contribution in [0.2, 0.25) is 0 Å². The Balaban J connectivity index is 1.36. The van der Waals surface area contributed by atoms with Gasteiger partial charge in [-0.05, 0) is 56.7 Å². The second-order valence-corrected chi connectivity index (χ2v) is 10.9. The molecule has 5 rings (SSSR count). The highest BCUT2D eigenvalue weighted by Gasteiger charge is 2.26. The number of nitrogens with one attached hydrogen (secondary N) is 1. The van der Waals surface area contributed by atoms with Crippen molar-refractivity contribution in [1.82, 2.24) is 14.9 Å². The van der Waals surface area contributed by atoms with Gasteiger partial charge >= 0.3 is 6.09 Å². The zero-order valence-electron chi connectivity index (χ0n) is 23.4. The fourth-order valence-electron chi connectivity index (χ4n) is 4.69. The molecule has 0 atom stereocenters. The number of hydrogen-bond donors (Lipinski definition) is 1. The summed E-state index contributed by atoms with van der Waals surface area (Å²) in [5, 5.41) is 3.37. The lowest BCUT2D eigenvalue weighted by molar-refractivity contribution is 0.0240. The summed E-state index contributed by atoms with van der Waals surface area (Å²) in [6.07, 6.45) is 5.47. The third kappa shape index (κ3) is 7.37. The van der Waals surface area contributed by atoms with Gasteiger partial charge in [0.25, 0.3) is 0 Å². The Morgan fingerprint density at radius 2 is 1.73 bits per heavy atom. The largest absolute Gasteiger partial charge is 0.444 e. The maximum Gasteiger partial charge on any atom is 0.410 e. The topological polar surface area (TPSA) is 89.1 Å². The van der Waals surface area contributed by atoms with E-state index in [0.717, 1.165) is 33.8 Å². The number of ether oxygens (including phenoxy) is 3. The van der Waals surface area contributed by atoms with Crippen molar-refractivity contribution in [3.8, 4) is 11.3 Å². The number of fused-ring (bicyclic) bond motifs is 7. The molecule has 1 amide bonds. The maximum atomic E-state index is 12.5. The van der Waals surface area contributed by atoms with Crippen molar-refractivity contribution < 1.29 is 19.0 Å². The van der Waals surface area contributed by atoms with Gasteiger partial charge < -0.3 is 29.3 Å². The highest BCUT2D eigenvalue weighted by molar-refractivity contribution is 5.69. The molecular weight excluding hydrogens is 506 g/mol. The molecule has 2 aliphatic rings. The number of amides is 1. The lowest BCUT2D eigenvalue weighted by Crippen LogP contribution is -2.50. The molecule has 0 spiro atoms. The Hall–Kier alpha value is -3.95. The van der Waals surface area contributed by atoms with E-state index in [0.29, 0.717) is 58.6 Å². The number of hydrogen-bond acceptors (Lipinski definition) is 8. The quantitative estimate of drug-likeness (QED) is 0.400. The van der Waals surface area contributed by atoms with Crippen LogP contribution in [0.4, 0.5) is 22.1 Å². The standard InChI is InChI=1S/C31H37N5O4/c1-31(2,3)40-30(37)36-15-13-35(14-16-36)28-10-9-26-20-25(28)22-39-18-5-4-17-38-21-23-7-6-8-24(19-23)27-11-12-32-29(33-26)34-27/h4-12,19-20H,13-18,21-22H2,1-3H3,(H,32,33,34)/b5-4+. The molecule has 9 heteroatoms. The van der Waals surface area contributed by atoms with Gasteiger partial charge in [0.15, 0.2) is 0 Å². The third-order valence-electron chi connectivity index (χ3n) is 6.61. The summed E-state index contributed by atoms with van der Waals surface area (Å²) in [7, 11) is 0. The van der Waals surface area contributed by atoms with Crippen molar-refractivity contribution in [2.24, 2.45) is 0 Å². The second-order valence-electron chi connectivity index (χ2n) is 10.9. The summed E-state index contributed by atoms with van der Waals surface area (Å²) in [5.74, 6) is 0.522. The minimum atomic E-state index is -0.508. The molecule has 0 unspecified atom stereocenters. The maximum absolute atomic E-state index is 12.5. The van der Waals surface area contributed by atoms with Crippen LogP contribution < -0.4 is 10.2 Å². The van der Waals surface area contributed by atoms with E-state index in [1.54, 1.807) is 11.1 Å². The van der Waals surface area contributed by atoms with Crippen LogP contribution in [-0.2, 0) is 27.4 Å². The van der Waals surface area contributed by atoms with Crippen LogP contribution in [0.5, 0.6) is 0 Å². The molecule has 210 valence electrons. The Morgan fingerprint density at radius 1 is 0.950 bits per heavy atom. The number of nitrogens with zero attached hydrogens (tertiary/aromatic N) is 4.